The minimum absolute atomic E-state index is 0.0807. The maximum Gasteiger partial charge on any atom is 0.246 e. The number of amides is 1. The lowest BCUT2D eigenvalue weighted by Crippen LogP contribution is -2.59. The van der Waals surface area contributed by atoms with E-state index in [1.165, 1.54) is 32.1 Å². The van der Waals surface area contributed by atoms with Crippen LogP contribution < -0.4 is 10.2 Å². The fraction of sp³-hybridized carbons (Fsp3) is 0.737. The zero-order valence-corrected chi connectivity index (χ0v) is 17.1. The first kappa shape index (κ1) is 19.7. The fourth-order valence-corrected chi connectivity index (χ4v) is 4.24. The lowest BCUT2D eigenvalue weighted by atomic mass is 9.80. The Morgan fingerprint density at radius 1 is 1.30 bits per heavy atom. The van der Waals surface area contributed by atoms with Gasteiger partial charge in [-0.3, -0.25) is 14.5 Å². The van der Waals surface area contributed by atoms with Crippen molar-refractivity contribution in [2.75, 3.05) is 52.2 Å². The van der Waals surface area contributed by atoms with Gasteiger partial charge in [-0.2, -0.15) is 5.10 Å². The van der Waals surface area contributed by atoms with E-state index in [9.17, 15) is 4.79 Å². The molecule has 0 bridgehead atoms. The van der Waals surface area contributed by atoms with Crippen LogP contribution in [-0.2, 0) is 11.8 Å². The van der Waals surface area contributed by atoms with Gasteiger partial charge in [0.15, 0.2) is 5.96 Å². The van der Waals surface area contributed by atoms with Gasteiger partial charge in [-0.15, -0.1) is 0 Å². The number of hydrogen-bond donors (Lipinski definition) is 1. The highest BCUT2D eigenvalue weighted by Crippen LogP contribution is 2.31. The predicted molar refractivity (Wildman–Crippen MR) is 108 cm³/mol. The highest BCUT2D eigenvalue weighted by atomic mass is 16.2. The van der Waals surface area contributed by atoms with E-state index in [0.717, 1.165) is 24.7 Å². The SMILES string of the molecule is CN=C(NCC1(N(C)C)CCCCC1)N1CCN(c2cnn(C)c2)C(=O)C1. The molecular weight excluding hydrogens is 342 g/mol. The minimum Gasteiger partial charge on any atom is -0.354 e. The molecule has 1 aliphatic heterocycles. The van der Waals surface area contributed by atoms with Crippen molar-refractivity contribution >= 4 is 17.6 Å². The van der Waals surface area contributed by atoms with Gasteiger partial charge in [0.25, 0.3) is 0 Å². The highest BCUT2D eigenvalue weighted by molar-refractivity contribution is 5.98. The Balaban J connectivity index is 1.61. The zero-order chi connectivity index (χ0) is 19.4. The van der Waals surface area contributed by atoms with E-state index in [-0.39, 0.29) is 11.4 Å². The van der Waals surface area contributed by atoms with Gasteiger partial charge in [-0.25, -0.2) is 0 Å². The van der Waals surface area contributed by atoms with Crippen molar-refractivity contribution in [3.63, 3.8) is 0 Å². The molecule has 2 fully saturated rings. The Bertz CT molecular complexity index is 675. The maximum atomic E-state index is 12.7. The standard InChI is InChI=1S/C19H33N7O/c1-20-18(21-15-19(23(2)3)8-6-5-7-9-19)25-10-11-26(17(27)14-25)16-12-22-24(4)13-16/h12-13H,5-11,14-15H2,1-4H3,(H,20,21). The third kappa shape index (κ3) is 4.26. The van der Waals surface area contributed by atoms with Crippen LogP contribution in [0.15, 0.2) is 17.4 Å². The van der Waals surface area contributed by atoms with Gasteiger partial charge in [0, 0.05) is 45.5 Å². The second-order valence-corrected chi connectivity index (χ2v) is 7.92. The fourth-order valence-electron chi connectivity index (χ4n) is 4.24. The van der Waals surface area contributed by atoms with Crippen LogP contribution in [0.4, 0.5) is 5.69 Å². The monoisotopic (exact) mass is 375 g/mol. The first-order chi connectivity index (χ1) is 12.9. The number of nitrogens with zero attached hydrogens (tertiary/aromatic N) is 6. The van der Waals surface area contributed by atoms with Crippen LogP contribution in [0.25, 0.3) is 0 Å². The molecule has 1 amide bonds. The second kappa shape index (κ2) is 8.29. The van der Waals surface area contributed by atoms with Crippen molar-refractivity contribution < 1.29 is 4.79 Å². The largest absolute Gasteiger partial charge is 0.354 e. The van der Waals surface area contributed by atoms with Gasteiger partial charge in [-0.05, 0) is 26.9 Å². The quantitative estimate of drug-likeness (QED) is 0.626. The summed E-state index contributed by atoms with van der Waals surface area (Å²) in [6.07, 6.45) is 9.92. The number of aryl methyl sites for hydroxylation is 1. The van der Waals surface area contributed by atoms with Gasteiger partial charge in [-0.1, -0.05) is 19.3 Å². The average molecular weight is 376 g/mol. The molecule has 1 aromatic rings. The van der Waals surface area contributed by atoms with E-state index in [4.69, 9.17) is 0 Å². The van der Waals surface area contributed by atoms with Gasteiger partial charge in [0.05, 0.1) is 11.9 Å². The van der Waals surface area contributed by atoms with Gasteiger partial charge < -0.3 is 20.0 Å². The third-order valence-corrected chi connectivity index (χ3v) is 6.04. The molecule has 0 spiro atoms. The summed E-state index contributed by atoms with van der Waals surface area (Å²) < 4.78 is 1.72. The number of carbonyl (C=O) groups excluding carboxylic acids is 1. The topological polar surface area (TPSA) is 69.0 Å². The van der Waals surface area contributed by atoms with Crippen LogP contribution in [-0.4, -0.2) is 84.3 Å². The van der Waals surface area contributed by atoms with E-state index >= 15 is 0 Å². The molecule has 1 saturated heterocycles. The summed E-state index contributed by atoms with van der Waals surface area (Å²) in [7, 11) is 8.00. The molecular formula is C19H33N7O. The molecule has 1 saturated carbocycles. The van der Waals surface area contributed by atoms with Crippen LogP contribution in [0.5, 0.6) is 0 Å². The lowest BCUT2D eigenvalue weighted by molar-refractivity contribution is -0.120. The Morgan fingerprint density at radius 3 is 2.59 bits per heavy atom. The van der Waals surface area contributed by atoms with E-state index in [2.05, 4.69) is 39.3 Å². The Labute approximate surface area is 162 Å². The van der Waals surface area contributed by atoms with Crippen molar-refractivity contribution in [3.8, 4) is 0 Å². The lowest BCUT2D eigenvalue weighted by Gasteiger charge is -2.44. The first-order valence-electron chi connectivity index (χ1n) is 9.87. The normalized spacial score (nSPS) is 21.1. The summed E-state index contributed by atoms with van der Waals surface area (Å²) in [6.45, 7) is 2.60. The van der Waals surface area contributed by atoms with Gasteiger partial charge >= 0.3 is 0 Å². The molecule has 150 valence electrons. The van der Waals surface area contributed by atoms with Crippen molar-refractivity contribution in [2.24, 2.45) is 12.0 Å². The predicted octanol–water partition coefficient (Wildman–Crippen LogP) is 0.909. The van der Waals surface area contributed by atoms with Crippen molar-refractivity contribution in [1.82, 2.24) is 24.9 Å². The average Bonchev–Trinajstić information content (AvgIpc) is 3.09. The summed E-state index contributed by atoms with van der Waals surface area (Å²) in [6, 6.07) is 0. The summed E-state index contributed by atoms with van der Waals surface area (Å²) in [5.41, 5.74) is 1.04. The van der Waals surface area contributed by atoms with Crippen molar-refractivity contribution in [2.45, 2.75) is 37.6 Å². The molecule has 8 heteroatoms. The van der Waals surface area contributed by atoms with Crippen molar-refractivity contribution in [3.05, 3.63) is 12.4 Å². The number of aliphatic imine (C=N–C) groups is 1. The number of likely N-dealkylation sites (N-methyl/N-ethyl adjacent to an activating group) is 1. The summed E-state index contributed by atoms with van der Waals surface area (Å²) in [4.78, 5) is 23.3. The molecule has 0 radical (unpaired) electrons. The maximum absolute atomic E-state index is 12.7. The first-order valence-corrected chi connectivity index (χ1v) is 9.87. The molecule has 8 nitrogen and oxygen atoms in total. The number of hydrogen-bond acceptors (Lipinski definition) is 4. The molecule has 1 N–H and O–H groups in total. The molecule has 2 heterocycles. The van der Waals surface area contributed by atoms with E-state index in [1.807, 2.05) is 13.2 Å². The zero-order valence-electron chi connectivity index (χ0n) is 17.1. The molecule has 1 aromatic heterocycles. The second-order valence-electron chi connectivity index (χ2n) is 7.92. The number of nitrogens with one attached hydrogen (secondary N) is 1. The van der Waals surface area contributed by atoms with Crippen molar-refractivity contribution in [1.29, 1.82) is 0 Å². The van der Waals surface area contributed by atoms with E-state index in [1.54, 1.807) is 22.8 Å². The Morgan fingerprint density at radius 2 is 2.04 bits per heavy atom. The van der Waals surface area contributed by atoms with Gasteiger partial charge in [0.1, 0.15) is 6.54 Å². The number of rotatable bonds is 4. The highest BCUT2D eigenvalue weighted by Gasteiger charge is 2.35. The summed E-state index contributed by atoms with van der Waals surface area (Å²) in [5.74, 6) is 0.901. The smallest absolute Gasteiger partial charge is 0.246 e. The molecule has 2 aliphatic rings. The molecule has 0 aromatic carbocycles. The molecule has 1 aliphatic carbocycles. The number of anilines is 1. The third-order valence-electron chi connectivity index (χ3n) is 6.04. The number of piperazine rings is 1. The van der Waals surface area contributed by atoms with E-state index in [0.29, 0.717) is 13.1 Å². The summed E-state index contributed by atoms with van der Waals surface area (Å²) >= 11 is 0. The Kier molecular flexibility index (Phi) is 6.04. The molecule has 0 atom stereocenters. The van der Waals surface area contributed by atoms with Crippen LogP contribution >= 0.6 is 0 Å². The number of guanidine groups is 1. The molecule has 27 heavy (non-hydrogen) atoms. The van der Waals surface area contributed by atoms with Crippen LogP contribution in [0.2, 0.25) is 0 Å². The minimum atomic E-state index is 0.0807. The van der Waals surface area contributed by atoms with Crippen LogP contribution in [0.1, 0.15) is 32.1 Å². The van der Waals surface area contributed by atoms with E-state index < -0.39 is 0 Å². The Hall–Kier alpha value is -2.09. The molecule has 3 rings (SSSR count). The number of aromatic nitrogens is 2. The number of carbonyl (C=O) groups is 1. The molecule has 0 unspecified atom stereocenters. The van der Waals surface area contributed by atoms with Crippen LogP contribution in [0.3, 0.4) is 0 Å². The summed E-state index contributed by atoms with van der Waals surface area (Å²) in [5, 5.41) is 7.73. The van der Waals surface area contributed by atoms with Crippen LogP contribution in [0, 0.1) is 0 Å². The van der Waals surface area contributed by atoms with Gasteiger partial charge in [0.2, 0.25) is 5.91 Å².